The van der Waals surface area contributed by atoms with Crippen molar-refractivity contribution in [2.45, 2.75) is 5.40 Å². The minimum atomic E-state index is -0.722. The van der Waals surface area contributed by atoms with E-state index in [-0.39, 0.29) is 12.0 Å². The number of benzene rings is 4. The van der Waals surface area contributed by atoms with Gasteiger partial charge in [0.05, 0.1) is 6.61 Å². The standard InChI is InChI=1S/C26H24OP2/c27-21-26(28(22-13-5-1-6-14-22)23-15-7-2-8-16-23)29(24-17-9-3-10-18-24)25-19-11-4-12-20-25/h1-20,26-27H,21H2. The molecule has 29 heavy (non-hydrogen) atoms. The molecule has 0 bridgehead atoms. The van der Waals surface area contributed by atoms with Gasteiger partial charge in [-0.2, -0.15) is 0 Å². The van der Waals surface area contributed by atoms with Crippen LogP contribution in [0, 0.1) is 0 Å². The van der Waals surface area contributed by atoms with Crippen molar-refractivity contribution >= 4 is 37.1 Å². The van der Waals surface area contributed by atoms with Crippen molar-refractivity contribution in [2.75, 3.05) is 6.61 Å². The third-order valence-corrected chi connectivity index (χ3v) is 11.2. The summed E-state index contributed by atoms with van der Waals surface area (Å²) in [6.07, 6.45) is 0. The lowest BCUT2D eigenvalue weighted by atomic mass is 10.4. The fourth-order valence-electron chi connectivity index (χ4n) is 3.62. The lowest BCUT2D eigenvalue weighted by Crippen LogP contribution is -2.29. The Balaban J connectivity index is 1.88. The molecule has 4 aromatic carbocycles. The van der Waals surface area contributed by atoms with Crippen molar-refractivity contribution in [2.24, 2.45) is 0 Å². The largest absolute Gasteiger partial charge is 0.395 e. The summed E-state index contributed by atoms with van der Waals surface area (Å²) in [5.41, 5.74) is 0. The van der Waals surface area contributed by atoms with E-state index in [1.807, 2.05) is 0 Å². The lowest BCUT2D eigenvalue weighted by molar-refractivity contribution is 0.314. The average molecular weight is 414 g/mol. The molecule has 1 nitrogen and oxygen atoms in total. The molecule has 0 unspecified atom stereocenters. The number of hydrogen-bond acceptors (Lipinski definition) is 1. The summed E-state index contributed by atoms with van der Waals surface area (Å²) in [7, 11) is -1.44. The van der Waals surface area contributed by atoms with Crippen LogP contribution in [0.5, 0.6) is 0 Å². The van der Waals surface area contributed by atoms with Crippen LogP contribution in [-0.2, 0) is 0 Å². The van der Waals surface area contributed by atoms with Gasteiger partial charge < -0.3 is 5.11 Å². The summed E-state index contributed by atoms with van der Waals surface area (Å²) >= 11 is 0. The molecule has 0 aliphatic carbocycles. The molecule has 0 aliphatic rings. The first-order chi connectivity index (χ1) is 14.4. The normalized spacial score (nSPS) is 11.3. The fourth-order valence-corrected chi connectivity index (χ4v) is 10.4. The maximum absolute atomic E-state index is 10.7. The average Bonchev–Trinajstić information content (AvgIpc) is 2.81. The van der Waals surface area contributed by atoms with Gasteiger partial charge in [-0.1, -0.05) is 121 Å². The molecule has 0 atom stereocenters. The van der Waals surface area contributed by atoms with Crippen LogP contribution in [0.2, 0.25) is 0 Å². The monoisotopic (exact) mass is 414 g/mol. The van der Waals surface area contributed by atoms with Gasteiger partial charge in [0.2, 0.25) is 0 Å². The quantitative estimate of drug-likeness (QED) is 0.439. The molecule has 0 heterocycles. The number of aliphatic hydroxyl groups is 1. The Kier molecular flexibility index (Phi) is 6.86. The Morgan fingerprint density at radius 1 is 0.448 bits per heavy atom. The van der Waals surface area contributed by atoms with Gasteiger partial charge >= 0.3 is 0 Å². The topological polar surface area (TPSA) is 20.2 Å². The van der Waals surface area contributed by atoms with E-state index < -0.39 is 15.8 Å². The van der Waals surface area contributed by atoms with Crippen LogP contribution >= 0.6 is 15.8 Å². The summed E-state index contributed by atoms with van der Waals surface area (Å²) in [6, 6.07) is 42.8. The van der Waals surface area contributed by atoms with Gasteiger partial charge in [0.15, 0.2) is 0 Å². The zero-order valence-electron chi connectivity index (χ0n) is 16.2. The van der Waals surface area contributed by atoms with Crippen molar-refractivity contribution in [1.29, 1.82) is 0 Å². The van der Waals surface area contributed by atoms with Crippen molar-refractivity contribution in [1.82, 2.24) is 0 Å². The van der Waals surface area contributed by atoms with E-state index in [0.29, 0.717) is 0 Å². The van der Waals surface area contributed by atoms with Crippen molar-refractivity contribution in [3.63, 3.8) is 0 Å². The Morgan fingerprint density at radius 3 is 0.897 bits per heavy atom. The molecule has 0 fully saturated rings. The van der Waals surface area contributed by atoms with Crippen LogP contribution < -0.4 is 21.2 Å². The molecule has 0 saturated carbocycles. The third-order valence-electron chi connectivity index (χ3n) is 4.90. The van der Waals surface area contributed by atoms with E-state index in [1.165, 1.54) is 21.2 Å². The first-order valence-electron chi connectivity index (χ1n) is 9.78. The maximum Gasteiger partial charge on any atom is 0.0550 e. The second-order valence-corrected chi connectivity index (χ2v) is 11.9. The van der Waals surface area contributed by atoms with E-state index in [4.69, 9.17) is 0 Å². The van der Waals surface area contributed by atoms with Gasteiger partial charge in [0, 0.05) is 5.40 Å². The fraction of sp³-hybridized carbons (Fsp3) is 0.0769. The Labute approximate surface area is 175 Å². The second kappa shape index (κ2) is 9.95. The zero-order chi connectivity index (χ0) is 19.9. The molecule has 3 heteroatoms. The molecule has 0 saturated heterocycles. The molecule has 4 aromatic rings. The van der Waals surface area contributed by atoms with Gasteiger partial charge in [-0.05, 0) is 37.1 Å². The number of aliphatic hydroxyl groups excluding tert-OH is 1. The molecule has 4 rings (SSSR count). The first-order valence-corrected chi connectivity index (χ1v) is 12.6. The molecular formula is C26H24OP2. The van der Waals surface area contributed by atoms with Crippen LogP contribution in [0.3, 0.4) is 0 Å². The summed E-state index contributed by atoms with van der Waals surface area (Å²) in [5, 5.41) is 16.1. The summed E-state index contributed by atoms with van der Waals surface area (Å²) in [4.78, 5) is 0. The highest BCUT2D eigenvalue weighted by molar-refractivity contribution is 7.89. The summed E-state index contributed by atoms with van der Waals surface area (Å²) in [5.74, 6) is 0. The molecule has 0 aliphatic heterocycles. The Hall–Kier alpha value is -2.30. The maximum atomic E-state index is 10.7. The Morgan fingerprint density at radius 2 is 0.690 bits per heavy atom. The van der Waals surface area contributed by atoms with Crippen molar-refractivity contribution in [3.05, 3.63) is 121 Å². The summed E-state index contributed by atoms with van der Waals surface area (Å²) < 4.78 is 0. The molecule has 0 radical (unpaired) electrons. The lowest BCUT2D eigenvalue weighted by Gasteiger charge is -2.34. The smallest absolute Gasteiger partial charge is 0.0550 e. The minimum Gasteiger partial charge on any atom is -0.395 e. The van der Waals surface area contributed by atoms with E-state index in [2.05, 4.69) is 121 Å². The molecule has 0 aromatic heterocycles. The van der Waals surface area contributed by atoms with Crippen LogP contribution in [-0.4, -0.2) is 17.1 Å². The molecule has 144 valence electrons. The van der Waals surface area contributed by atoms with E-state index >= 15 is 0 Å². The number of rotatable bonds is 7. The highest BCUT2D eigenvalue weighted by atomic mass is 31.2. The highest BCUT2D eigenvalue weighted by Gasteiger charge is 2.33. The van der Waals surface area contributed by atoms with E-state index in [1.54, 1.807) is 0 Å². The first kappa shape index (κ1) is 20.0. The molecule has 0 spiro atoms. The summed E-state index contributed by atoms with van der Waals surface area (Å²) in [6.45, 7) is 0.158. The van der Waals surface area contributed by atoms with Crippen LogP contribution in [0.1, 0.15) is 0 Å². The zero-order valence-corrected chi connectivity index (χ0v) is 18.0. The van der Waals surface area contributed by atoms with Crippen LogP contribution in [0.25, 0.3) is 0 Å². The third kappa shape index (κ3) is 4.65. The van der Waals surface area contributed by atoms with E-state index in [0.717, 1.165) is 0 Å². The van der Waals surface area contributed by atoms with Crippen molar-refractivity contribution in [3.8, 4) is 0 Å². The highest BCUT2D eigenvalue weighted by Crippen LogP contribution is 2.55. The Bertz CT molecular complexity index is 830. The van der Waals surface area contributed by atoms with E-state index in [9.17, 15) is 5.11 Å². The second-order valence-electron chi connectivity index (χ2n) is 6.75. The van der Waals surface area contributed by atoms with Gasteiger partial charge in [-0.15, -0.1) is 0 Å². The van der Waals surface area contributed by atoms with Gasteiger partial charge in [0.25, 0.3) is 0 Å². The molecule has 1 N–H and O–H groups in total. The van der Waals surface area contributed by atoms with Crippen LogP contribution in [0.4, 0.5) is 0 Å². The molecule has 0 amide bonds. The van der Waals surface area contributed by atoms with Gasteiger partial charge in [-0.25, -0.2) is 0 Å². The van der Waals surface area contributed by atoms with Crippen LogP contribution in [0.15, 0.2) is 121 Å². The van der Waals surface area contributed by atoms with Crippen molar-refractivity contribution < 1.29 is 5.11 Å². The predicted octanol–water partition coefficient (Wildman–Crippen LogP) is 4.57. The SMILES string of the molecule is OCC(P(c1ccccc1)c1ccccc1)P(c1ccccc1)c1ccccc1. The van der Waals surface area contributed by atoms with Gasteiger partial charge in [-0.3, -0.25) is 0 Å². The predicted molar refractivity (Wildman–Crippen MR) is 129 cm³/mol. The minimum absolute atomic E-state index is 0.134. The number of hydrogen-bond donors (Lipinski definition) is 1. The van der Waals surface area contributed by atoms with Gasteiger partial charge in [0.1, 0.15) is 0 Å². The molecular weight excluding hydrogens is 390 g/mol.